The number of carbonyl (C=O) groups is 1. The highest BCUT2D eigenvalue weighted by molar-refractivity contribution is 7.18. The van der Waals surface area contributed by atoms with Gasteiger partial charge in [0.05, 0.1) is 0 Å². The van der Waals surface area contributed by atoms with Gasteiger partial charge in [0.2, 0.25) is 5.13 Å². The fourth-order valence-corrected chi connectivity index (χ4v) is 3.29. The van der Waals surface area contributed by atoms with Crippen LogP contribution in [0.15, 0.2) is 54.7 Å². The van der Waals surface area contributed by atoms with E-state index in [0.717, 1.165) is 27.0 Å². The lowest BCUT2D eigenvalue weighted by Gasteiger charge is -2.05. The van der Waals surface area contributed by atoms with Crippen LogP contribution in [-0.4, -0.2) is 21.2 Å². The zero-order chi connectivity index (χ0) is 17.2. The fourth-order valence-electron chi connectivity index (χ4n) is 2.56. The Morgan fingerprint density at radius 3 is 2.88 bits per heavy atom. The second-order valence-corrected chi connectivity index (χ2v) is 6.62. The average Bonchev–Trinajstić information content (AvgIpc) is 3.23. The van der Waals surface area contributed by atoms with Crippen molar-refractivity contribution in [2.24, 2.45) is 0 Å². The van der Waals surface area contributed by atoms with Crippen molar-refractivity contribution in [2.45, 2.75) is 6.92 Å². The Morgan fingerprint density at radius 1 is 1.08 bits per heavy atom. The molecule has 2 aromatic heterocycles. The summed E-state index contributed by atoms with van der Waals surface area (Å²) in [6.07, 6.45) is 1.86. The number of rotatable bonds is 3. The van der Waals surface area contributed by atoms with Gasteiger partial charge < -0.3 is 10.3 Å². The second-order valence-electron chi connectivity index (χ2n) is 5.64. The van der Waals surface area contributed by atoms with E-state index >= 15 is 0 Å². The summed E-state index contributed by atoms with van der Waals surface area (Å²) < 4.78 is 0. The summed E-state index contributed by atoms with van der Waals surface area (Å²) in [6, 6.07) is 15.3. The Labute approximate surface area is 147 Å². The molecule has 6 nitrogen and oxygen atoms in total. The van der Waals surface area contributed by atoms with Gasteiger partial charge in [-0.25, -0.2) is 4.79 Å². The quantitative estimate of drug-likeness (QED) is 0.504. The number of aromatic nitrogens is 3. The van der Waals surface area contributed by atoms with Crippen LogP contribution in [0.5, 0.6) is 0 Å². The van der Waals surface area contributed by atoms with Gasteiger partial charge in [0.15, 0.2) is 0 Å². The molecule has 7 heteroatoms. The number of nitrogens with zero attached hydrogens (tertiary/aromatic N) is 2. The van der Waals surface area contributed by atoms with Gasteiger partial charge in [-0.3, -0.25) is 5.32 Å². The molecule has 0 bridgehead atoms. The average molecular weight is 349 g/mol. The predicted octanol–water partition coefficient (Wildman–Crippen LogP) is 4.64. The molecule has 0 atom stereocenters. The molecule has 3 N–H and O–H groups in total. The lowest BCUT2D eigenvalue weighted by Crippen LogP contribution is -2.19. The number of carbonyl (C=O) groups excluding carboxylic acids is 1. The first kappa shape index (κ1) is 15.3. The molecule has 0 aliphatic rings. The summed E-state index contributed by atoms with van der Waals surface area (Å²) in [5.74, 6) is 0. The van der Waals surface area contributed by atoms with Crippen molar-refractivity contribution in [2.75, 3.05) is 10.6 Å². The lowest BCUT2D eigenvalue weighted by atomic mass is 10.1. The zero-order valence-corrected chi connectivity index (χ0v) is 14.2. The van der Waals surface area contributed by atoms with Crippen LogP contribution < -0.4 is 10.6 Å². The van der Waals surface area contributed by atoms with Gasteiger partial charge in [-0.2, -0.15) is 0 Å². The van der Waals surface area contributed by atoms with Crippen LogP contribution >= 0.6 is 11.3 Å². The van der Waals surface area contributed by atoms with Gasteiger partial charge >= 0.3 is 6.03 Å². The topological polar surface area (TPSA) is 82.7 Å². The number of hydrogen-bond acceptors (Lipinski definition) is 4. The molecule has 0 aliphatic carbocycles. The number of fused-ring (bicyclic) bond motifs is 1. The fraction of sp³-hybridized carbons (Fsp3) is 0.0556. The van der Waals surface area contributed by atoms with E-state index in [0.29, 0.717) is 10.8 Å². The van der Waals surface area contributed by atoms with E-state index in [4.69, 9.17) is 0 Å². The predicted molar refractivity (Wildman–Crippen MR) is 101 cm³/mol. The molecule has 4 rings (SSSR count). The minimum absolute atomic E-state index is 0.346. The largest absolute Gasteiger partial charge is 0.361 e. The zero-order valence-electron chi connectivity index (χ0n) is 13.4. The number of aromatic amines is 1. The molecule has 124 valence electrons. The van der Waals surface area contributed by atoms with Crippen molar-refractivity contribution in [3.63, 3.8) is 0 Å². The molecular weight excluding hydrogens is 334 g/mol. The Balaban J connectivity index is 1.45. The van der Waals surface area contributed by atoms with E-state index in [-0.39, 0.29) is 6.03 Å². The van der Waals surface area contributed by atoms with Crippen LogP contribution in [0.3, 0.4) is 0 Å². The Hall–Kier alpha value is -3.19. The number of anilines is 2. The summed E-state index contributed by atoms with van der Waals surface area (Å²) in [7, 11) is 0. The third-order valence-electron chi connectivity index (χ3n) is 3.72. The highest BCUT2D eigenvalue weighted by Gasteiger charge is 2.10. The number of benzene rings is 2. The molecule has 0 unspecified atom stereocenters. The molecule has 0 spiro atoms. The van der Waals surface area contributed by atoms with E-state index in [1.165, 1.54) is 11.3 Å². The van der Waals surface area contributed by atoms with E-state index in [1.54, 1.807) is 0 Å². The molecule has 2 aromatic carbocycles. The maximum absolute atomic E-state index is 12.2. The summed E-state index contributed by atoms with van der Waals surface area (Å²) in [4.78, 5) is 15.3. The van der Waals surface area contributed by atoms with Crippen molar-refractivity contribution < 1.29 is 4.79 Å². The molecule has 0 aliphatic heterocycles. The van der Waals surface area contributed by atoms with Gasteiger partial charge in [0.25, 0.3) is 0 Å². The number of urea groups is 1. The van der Waals surface area contributed by atoms with Crippen LogP contribution in [0.2, 0.25) is 0 Å². The molecule has 0 radical (unpaired) electrons. The molecule has 0 saturated heterocycles. The van der Waals surface area contributed by atoms with Crippen LogP contribution in [-0.2, 0) is 0 Å². The molecule has 2 heterocycles. The van der Waals surface area contributed by atoms with E-state index in [1.807, 2.05) is 61.7 Å². The van der Waals surface area contributed by atoms with Gasteiger partial charge in [-0.05, 0) is 37.3 Å². The van der Waals surface area contributed by atoms with E-state index in [2.05, 4.69) is 25.8 Å². The van der Waals surface area contributed by atoms with Crippen LogP contribution in [0.4, 0.5) is 15.6 Å². The molecule has 25 heavy (non-hydrogen) atoms. The molecule has 4 aromatic rings. The smallest absolute Gasteiger partial charge is 0.325 e. The lowest BCUT2D eigenvalue weighted by molar-refractivity contribution is 0.262. The minimum Gasteiger partial charge on any atom is -0.361 e. The van der Waals surface area contributed by atoms with Crippen molar-refractivity contribution in [1.82, 2.24) is 15.2 Å². The van der Waals surface area contributed by atoms with Crippen molar-refractivity contribution in [1.29, 1.82) is 0 Å². The standard InChI is InChI=1S/C18H15N5OS/c1-11-3-2-4-13(9-11)16-22-23-18(25-16)21-17(24)20-14-5-6-15-12(10-14)7-8-19-15/h2-10,19H,1H3,(H2,20,21,23,24). The highest BCUT2D eigenvalue weighted by atomic mass is 32.1. The summed E-state index contributed by atoms with van der Waals surface area (Å²) in [6.45, 7) is 2.03. The Morgan fingerprint density at radius 2 is 2.00 bits per heavy atom. The van der Waals surface area contributed by atoms with E-state index in [9.17, 15) is 4.79 Å². The Kier molecular flexibility index (Phi) is 3.91. The first-order valence-electron chi connectivity index (χ1n) is 7.73. The van der Waals surface area contributed by atoms with Gasteiger partial charge in [-0.15, -0.1) is 10.2 Å². The third-order valence-corrected chi connectivity index (χ3v) is 4.61. The molecule has 0 fully saturated rings. The summed E-state index contributed by atoms with van der Waals surface area (Å²) in [5, 5.41) is 16.0. The number of nitrogens with one attached hydrogen (secondary N) is 3. The van der Waals surface area contributed by atoms with Crippen molar-refractivity contribution in [3.05, 3.63) is 60.3 Å². The van der Waals surface area contributed by atoms with Crippen LogP contribution in [0, 0.1) is 6.92 Å². The molecule has 0 saturated carbocycles. The van der Waals surface area contributed by atoms with Crippen molar-refractivity contribution >= 4 is 39.1 Å². The van der Waals surface area contributed by atoms with Crippen LogP contribution in [0.25, 0.3) is 21.5 Å². The van der Waals surface area contributed by atoms with Gasteiger partial charge in [0, 0.05) is 28.4 Å². The van der Waals surface area contributed by atoms with Crippen molar-refractivity contribution in [3.8, 4) is 10.6 Å². The molecule has 2 amide bonds. The normalized spacial score (nSPS) is 10.8. The minimum atomic E-state index is -0.346. The SMILES string of the molecule is Cc1cccc(-c2nnc(NC(=O)Nc3ccc4[nH]ccc4c3)s2)c1. The second kappa shape index (κ2) is 6.37. The maximum atomic E-state index is 12.2. The maximum Gasteiger partial charge on any atom is 0.325 e. The molecular formula is C18H15N5OS. The van der Waals surface area contributed by atoms with E-state index < -0.39 is 0 Å². The third kappa shape index (κ3) is 3.36. The Bertz CT molecular complexity index is 1050. The van der Waals surface area contributed by atoms with Crippen LogP contribution in [0.1, 0.15) is 5.56 Å². The first-order valence-corrected chi connectivity index (χ1v) is 8.55. The van der Waals surface area contributed by atoms with Gasteiger partial charge in [-0.1, -0.05) is 35.1 Å². The number of amides is 2. The summed E-state index contributed by atoms with van der Waals surface area (Å²) in [5.41, 5.74) is 3.88. The summed E-state index contributed by atoms with van der Waals surface area (Å²) >= 11 is 1.34. The first-order chi connectivity index (χ1) is 12.2. The monoisotopic (exact) mass is 349 g/mol. The number of hydrogen-bond donors (Lipinski definition) is 3. The number of H-pyrrole nitrogens is 1. The number of aryl methyl sites for hydroxylation is 1. The highest BCUT2D eigenvalue weighted by Crippen LogP contribution is 2.27. The van der Waals surface area contributed by atoms with Gasteiger partial charge in [0.1, 0.15) is 5.01 Å².